The molecule has 0 bridgehead atoms. The zero-order chi connectivity index (χ0) is 13.1. The van der Waals surface area contributed by atoms with Gasteiger partial charge in [-0.25, -0.2) is 0 Å². The highest BCUT2D eigenvalue weighted by Crippen LogP contribution is 2.24. The largest absolute Gasteiger partial charge is 0.481 e. The van der Waals surface area contributed by atoms with E-state index < -0.39 is 36.6 Å². The summed E-state index contributed by atoms with van der Waals surface area (Å²) < 4.78 is 36.6. The average Bonchev–Trinajstić information content (AvgIpc) is 1.99. The first-order valence-corrected chi connectivity index (χ1v) is 4.57. The number of nitrogens with zero attached hydrogens (tertiary/aromatic N) is 1. The maximum Gasteiger partial charge on any atom is 0.471 e. The summed E-state index contributed by atoms with van der Waals surface area (Å²) in [4.78, 5) is 21.8. The highest BCUT2D eigenvalue weighted by Gasteiger charge is 2.45. The van der Waals surface area contributed by atoms with Crippen molar-refractivity contribution in [2.75, 3.05) is 6.54 Å². The second-order valence-corrected chi connectivity index (χ2v) is 4.27. The van der Waals surface area contributed by atoms with Crippen LogP contribution in [0, 0.1) is 0 Å². The van der Waals surface area contributed by atoms with E-state index in [4.69, 9.17) is 5.11 Å². The quantitative estimate of drug-likeness (QED) is 0.817. The van der Waals surface area contributed by atoms with Crippen molar-refractivity contribution in [3.63, 3.8) is 0 Å². The molecule has 4 nitrogen and oxygen atoms in total. The standard InChI is InChI=1S/C9H14F3NO3/c1-8(2,3)13(5-4-6(14)15)7(16)9(10,11)12/h4-5H2,1-3H3,(H,14,15). The van der Waals surface area contributed by atoms with E-state index in [0.29, 0.717) is 4.90 Å². The van der Waals surface area contributed by atoms with Gasteiger partial charge in [-0.3, -0.25) is 9.59 Å². The molecule has 0 saturated heterocycles. The third kappa shape index (κ3) is 4.50. The molecule has 0 spiro atoms. The molecule has 7 heteroatoms. The van der Waals surface area contributed by atoms with Gasteiger partial charge in [0.2, 0.25) is 0 Å². The monoisotopic (exact) mass is 241 g/mol. The van der Waals surface area contributed by atoms with Gasteiger partial charge in [0.15, 0.2) is 0 Å². The summed E-state index contributed by atoms with van der Waals surface area (Å²) in [5.74, 6) is -3.26. The van der Waals surface area contributed by atoms with Crippen LogP contribution in [0.5, 0.6) is 0 Å². The van der Waals surface area contributed by atoms with Crippen molar-refractivity contribution in [1.29, 1.82) is 0 Å². The minimum atomic E-state index is -4.98. The third-order valence-electron chi connectivity index (χ3n) is 1.85. The van der Waals surface area contributed by atoms with E-state index in [1.165, 1.54) is 20.8 Å². The van der Waals surface area contributed by atoms with Crippen LogP contribution in [0.15, 0.2) is 0 Å². The van der Waals surface area contributed by atoms with E-state index in [0.717, 1.165) is 0 Å². The SMILES string of the molecule is CC(C)(C)N(CCC(=O)O)C(=O)C(F)(F)F. The van der Waals surface area contributed by atoms with Gasteiger partial charge in [-0.05, 0) is 20.8 Å². The molecule has 16 heavy (non-hydrogen) atoms. The topological polar surface area (TPSA) is 57.6 Å². The summed E-state index contributed by atoms with van der Waals surface area (Å²) in [5, 5.41) is 8.39. The Kier molecular flexibility index (Phi) is 4.34. The van der Waals surface area contributed by atoms with E-state index in [1.54, 1.807) is 0 Å². The Hall–Kier alpha value is -1.27. The molecule has 0 atom stereocenters. The number of carbonyl (C=O) groups is 2. The number of aliphatic carboxylic acids is 1. The van der Waals surface area contributed by atoms with Crippen molar-refractivity contribution < 1.29 is 27.9 Å². The van der Waals surface area contributed by atoms with E-state index in [9.17, 15) is 22.8 Å². The van der Waals surface area contributed by atoms with Crippen LogP contribution in [-0.2, 0) is 9.59 Å². The third-order valence-corrected chi connectivity index (χ3v) is 1.85. The van der Waals surface area contributed by atoms with Crippen molar-refractivity contribution in [1.82, 2.24) is 4.90 Å². The van der Waals surface area contributed by atoms with E-state index in [2.05, 4.69) is 0 Å². The fourth-order valence-corrected chi connectivity index (χ4v) is 1.10. The predicted molar refractivity (Wildman–Crippen MR) is 49.8 cm³/mol. The van der Waals surface area contributed by atoms with E-state index in [-0.39, 0.29) is 0 Å². The molecule has 1 amide bonds. The number of halogens is 3. The van der Waals surface area contributed by atoms with Gasteiger partial charge in [0.05, 0.1) is 6.42 Å². The fraction of sp³-hybridized carbons (Fsp3) is 0.778. The van der Waals surface area contributed by atoms with Crippen molar-refractivity contribution in [2.45, 2.75) is 38.9 Å². The molecular formula is C9H14F3NO3. The molecule has 0 aromatic rings. The molecule has 0 unspecified atom stereocenters. The van der Waals surface area contributed by atoms with Crippen LogP contribution < -0.4 is 0 Å². The molecule has 0 radical (unpaired) electrons. The summed E-state index contributed by atoms with van der Waals surface area (Å²) >= 11 is 0. The lowest BCUT2D eigenvalue weighted by Gasteiger charge is -2.35. The normalized spacial score (nSPS) is 12.4. The first kappa shape index (κ1) is 14.7. The van der Waals surface area contributed by atoms with Crippen LogP contribution in [0.25, 0.3) is 0 Å². The van der Waals surface area contributed by atoms with Gasteiger partial charge in [-0.15, -0.1) is 0 Å². The molecule has 0 aromatic carbocycles. The van der Waals surface area contributed by atoms with Gasteiger partial charge in [0.1, 0.15) is 0 Å². The smallest absolute Gasteiger partial charge is 0.471 e. The van der Waals surface area contributed by atoms with Crippen molar-refractivity contribution >= 4 is 11.9 Å². The van der Waals surface area contributed by atoms with Crippen molar-refractivity contribution in [2.24, 2.45) is 0 Å². The van der Waals surface area contributed by atoms with Gasteiger partial charge >= 0.3 is 18.1 Å². The highest BCUT2D eigenvalue weighted by molar-refractivity contribution is 5.83. The Morgan fingerprint density at radius 3 is 1.88 bits per heavy atom. The zero-order valence-corrected chi connectivity index (χ0v) is 9.26. The summed E-state index contributed by atoms with van der Waals surface area (Å²) in [6.45, 7) is 3.78. The lowest BCUT2D eigenvalue weighted by Crippen LogP contribution is -2.51. The summed E-state index contributed by atoms with van der Waals surface area (Å²) in [6, 6.07) is 0. The van der Waals surface area contributed by atoms with Crippen LogP contribution in [0.2, 0.25) is 0 Å². The Morgan fingerprint density at radius 2 is 1.62 bits per heavy atom. The Morgan fingerprint density at radius 1 is 1.19 bits per heavy atom. The van der Waals surface area contributed by atoms with Gasteiger partial charge < -0.3 is 10.0 Å². The minimum absolute atomic E-state index is 0.461. The molecule has 0 rings (SSSR count). The van der Waals surface area contributed by atoms with E-state index in [1.807, 2.05) is 0 Å². The van der Waals surface area contributed by atoms with Crippen LogP contribution >= 0.6 is 0 Å². The molecule has 0 aliphatic rings. The Labute approximate surface area is 91.0 Å². The second-order valence-electron chi connectivity index (χ2n) is 4.27. The van der Waals surface area contributed by atoms with Gasteiger partial charge in [0.25, 0.3) is 0 Å². The molecule has 0 aliphatic heterocycles. The Bertz CT molecular complexity index is 281. The molecule has 0 fully saturated rings. The van der Waals surface area contributed by atoms with Crippen LogP contribution in [0.3, 0.4) is 0 Å². The average molecular weight is 241 g/mol. The first-order chi connectivity index (χ1) is 6.96. The molecule has 0 aromatic heterocycles. The molecule has 0 aliphatic carbocycles. The summed E-state index contributed by atoms with van der Waals surface area (Å²) in [5.41, 5.74) is -1.07. The number of amides is 1. The first-order valence-electron chi connectivity index (χ1n) is 4.57. The maximum atomic E-state index is 12.2. The molecule has 94 valence electrons. The minimum Gasteiger partial charge on any atom is -0.481 e. The lowest BCUT2D eigenvalue weighted by molar-refractivity contribution is -0.190. The number of carboxylic acid groups (broad SMARTS) is 1. The molecule has 0 heterocycles. The molecular weight excluding hydrogens is 227 g/mol. The number of rotatable bonds is 3. The van der Waals surface area contributed by atoms with Crippen LogP contribution in [-0.4, -0.2) is 40.1 Å². The zero-order valence-electron chi connectivity index (χ0n) is 9.26. The number of hydrogen-bond acceptors (Lipinski definition) is 2. The number of hydrogen-bond donors (Lipinski definition) is 1. The lowest BCUT2D eigenvalue weighted by atomic mass is 10.1. The molecule has 0 saturated carbocycles. The maximum absolute atomic E-state index is 12.2. The number of carboxylic acids is 1. The van der Waals surface area contributed by atoms with Crippen LogP contribution in [0.1, 0.15) is 27.2 Å². The van der Waals surface area contributed by atoms with Crippen molar-refractivity contribution in [3.8, 4) is 0 Å². The van der Waals surface area contributed by atoms with Crippen LogP contribution in [0.4, 0.5) is 13.2 Å². The number of alkyl halides is 3. The van der Waals surface area contributed by atoms with Gasteiger partial charge in [-0.2, -0.15) is 13.2 Å². The summed E-state index contributed by atoms with van der Waals surface area (Å²) in [6.07, 6.45) is -5.50. The highest BCUT2D eigenvalue weighted by atomic mass is 19.4. The van der Waals surface area contributed by atoms with E-state index >= 15 is 0 Å². The Balaban J connectivity index is 4.83. The number of carbonyl (C=O) groups excluding carboxylic acids is 1. The fourth-order valence-electron chi connectivity index (χ4n) is 1.10. The van der Waals surface area contributed by atoms with Crippen molar-refractivity contribution in [3.05, 3.63) is 0 Å². The van der Waals surface area contributed by atoms with Gasteiger partial charge in [0, 0.05) is 12.1 Å². The predicted octanol–water partition coefficient (Wildman–Crippen LogP) is 1.65. The summed E-state index contributed by atoms with van der Waals surface area (Å²) in [7, 11) is 0. The molecule has 1 N–H and O–H groups in total. The second kappa shape index (κ2) is 4.71. The van der Waals surface area contributed by atoms with Gasteiger partial charge in [-0.1, -0.05) is 0 Å².